The third-order valence-corrected chi connectivity index (χ3v) is 3.99. The number of benzene rings is 2. The molecule has 0 spiro atoms. The van der Waals surface area contributed by atoms with E-state index < -0.39 is 11.8 Å². The maximum atomic E-state index is 13.0. The number of rotatable bonds is 4. The molecule has 25 heavy (non-hydrogen) atoms. The Morgan fingerprint density at radius 2 is 2.00 bits per heavy atom. The number of hydrogen-bond donors (Lipinski definition) is 0. The van der Waals surface area contributed by atoms with Gasteiger partial charge in [0.25, 0.3) is 0 Å². The van der Waals surface area contributed by atoms with Gasteiger partial charge in [-0.05, 0) is 57.9 Å². The number of methoxy groups -OCH3 is 1. The minimum atomic E-state index is -0.596. The lowest BCUT2D eigenvalue weighted by molar-refractivity contribution is -0.128. The molecule has 1 aliphatic rings. The van der Waals surface area contributed by atoms with Gasteiger partial charge in [-0.3, -0.25) is 0 Å². The molecule has 0 bridgehead atoms. The second kappa shape index (κ2) is 7.57. The lowest BCUT2D eigenvalue weighted by Crippen LogP contribution is -2.16. The molecule has 0 atom stereocenters. The quantitative estimate of drug-likeness (QED) is 0.434. The van der Waals surface area contributed by atoms with E-state index in [0.29, 0.717) is 40.5 Å². The van der Waals surface area contributed by atoms with Crippen molar-refractivity contribution in [2.75, 3.05) is 20.3 Å². The van der Waals surface area contributed by atoms with Crippen molar-refractivity contribution in [2.45, 2.75) is 0 Å². The molecule has 130 valence electrons. The van der Waals surface area contributed by atoms with Gasteiger partial charge in [-0.15, -0.1) is 0 Å². The largest absolute Gasteiger partial charge is 0.493 e. The van der Waals surface area contributed by atoms with Gasteiger partial charge in [0.2, 0.25) is 5.75 Å². The van der Waals surface area contributed by atoms with Crippen LogP contribution in [-0.4, -0.2) is 26.3 Å². The van der Waals surface area contributed by atoms with Crippen molar-refractivity contribution < 1.29 is 28.1 Å². The summed E-state index contributed by atoms with van der Waals surface area (Å²) in [5, 5.41) is 0. The highest BCUT2D eigenvalue weighted by atomic mass is 79.9. The highest BCUT2D eigenvalue weighted by Crippen LogP contribution is 2.40. The number of esters is 1. The highest BCUT2D eigenvalue weighted by Gasteiger charge is 2.18. The van der Waals surface area contributed by atoms with E-state index in [4.69, 9.17) is 18.9 Å². The van der Waals surface area contributed by atoms with Crippen LogP contribution >= 0.6 is 15.9 Å². The van der Waals surface area contributed by atoms with Gasteiger partial charge < -0.3 is 18.9 Å². The standard InChI is InChI=1S/C18H14BrFO5/c1-22-15-8-11(9-16-18(15)24-7-6-23-16)2-5-17(21)25-14-4-3-12(20)10-13(14)19/h2-5,8-10H,6-7H2,1H3/b5-2+. The normalized spacial score (nSPS) is 12.9. The number of carbonyl (C=O) groups excluding carboxylic acids is 1. The Bertz CT molecular complexity index is 817. The summed E-state index contributed by atoms with van der Waals surface area (Å²) in [5.74, 6) is 0.831. The van der Waals surface area contributed by atoms with E-state index in [0.717, 1.165) is 0 Å². The second-order valence-electron chi connectivity index (χ2n) is 5.08. The first-order valence-corrected chi connectivity index (χ1v) is 8.18. The van der Waals surface area contributed by atoms with Crippen LogP contribution in [0.2, 0.25) is 0 Å². The van der Waals surface area contributed by atoms with Crippen molar-refractivity contribution in [3.63, 3.8) is 0 Å². The van der Waals surface area contributed by atoms with Crippen LogP contribution in [-0.2, 0) is 4.79 Å². The van der Waals surface area contributed by atoms with Gasteiger partial charge in [0.05, 0.1) is 11.6 Å². The Labute approximate surface area is 152 Å². The molecular formula is C18H14BrFO5. The minimum absolute atomic E-state index is 0.232. The number of halogens is 2. The Balaban J connectivity index is 1.76. The van der Waals surface area contributed by atoms with Crippen LogP contribution in [0.3, 0.4) is 0 Å². The van der Waals surface area contributed by atoms with Gasteiger partial charge in [0, 0.05) is 6.08 Å². The summed E-state index contributed by atoms with van der Waals surface area (Å²) in [6.07, 6.45) is 2.83. The van der Waals surface area contributed by atoms with Gasteiger partial charge in [0.1, 0.15) is 24.8 Å². The molecule has 3 rings (SSSR count). The van der Waals surface area contributed by atoms with Crippen molar-refractivity contribution in [2.24, 2.45) is 0 Å². The van der Waals surface area contributed by atoms with Gasteiger partial charge in [0.15, 0.2) is 11.5 Å². The first-order valence-electron chi connectivity index (χ1n) is 7.39. The smallest absolute Gasteiger partial charge is 0.336 e. The molecule has 0 saturated heterocycles. The molecule has 0 N–H and O–H groups in total. The van der Waals surface area contributed by atoms with Crippen LogP contribution in [0.4, 0.5) is 4.39 Å². The first-order chi connectivity index (χ1) is 12.1. The zero-order valence-corrected chi connectivity index (χ0v) is 14.8. The number of carbonyl (C=O) groups is 1. The van der Waals surface area contributed by atoms with E-state index in [1.165, 1.54) is 31.4 Å². The summed E-state index contributed by atoms with van der Waals surface area (Å²) in [4.78, 5) is 12.0. The zero-order chi connectivity index (χ0) is 17.8. The Morgan fingerprint density at radius 1 is 1.20 bits per heavy atom. The van der Waals surface area contributed by atoms with Gasteiger partial charge in [-0.1, -0.05) is 0 Å². The summed E-state index contributed by atoms with van der Waals surface area (Å²) < 4.78 is 34.9. The predicted molar refractivity (Wildman–Crippen MR) is 92.8 cm³/mol. The number of ether oxygens (including phenoxy) is 4. The third-order valence-electron chi connectivity index (χ3n) is 3.37. The van der Waals surface area contributed by atoms with E-state index in [2.05, 4.69) is 15.9 Å². The monoisotopic (exact) mass is 408 g/mol. The topological polar surface area (TPSA) is 54.0 Å². The second-order valence-corrected chi connectivity index (χ2v) is 5.93. The summed E-state index contributed by atoms with van der Waals surface area (Å²) in [5.41, 5.74) is 0.691. The summed E-state index contributed by atoms with van der Waals surface area (Å²) in [6.45, 7) is 0.904. The Hall–Kier alpha value is -2.54. The van der Waals surface area contributed by atoms with Gasteiger partial charge >= 0.3 is 5.97 Å². The molecule has 1 heterocycles. The molecule has 5 nitrogen and oxygen atoms in total. The van der Waals surface area contributed by atoms with Crippen molar-refractivity contribution in [1.29, 1.82) is 0 Å². The molecule has 0 amide bonds. The molecule has 2 aromatic rings. The van der Waals surface area contributed by atoms with Crippen molar-refractivity contribution in [3.05, 3.63) is 52.3 Å². The average molecular weight is 409 g/mol. The maximum absolute atomic E-state index is 13.0. The van der Waals surface area contributed by atoms with Crippen LogP contribution < -0.4 is 18.9 Å². The number of fused-ring (bicyclic) bond motifs is 1. The van der Waals surface area contributed by atoms with E-state index in [1.807, 2.05) is 0 Å². The fraction of sp³-hybridized carbons (Fsp3) is 0.167. The molecule has 7 heteroatoms. The molecule has 0 radical (unpaired) electrons. The third kappa shape index (κ3) is 4.11. The molecule has 1 aliphatic heterocycles. The Morgan fingerprint density at radius 3 is 2.76 bits per heavy atom. The van der Waals surface area contributed by atoms with Gasteiger partial charge in [-0.25, -0.2) is 9.18 Å². The van der Waals surface area contributed by atoms with E-state index in [9.17, 15) is 9.18 Å². The summed E-state index contributed by atoms with van der Waals surface area (Å²) in [7, 11) is 1.53. The van der Waals surface area contributed by atoms with Crippen LogP contribution in [0, 0.1) is 5.82 Å². The fourth-order valence-corrected chi connectivity index (χ4v) is 2.69. The zero-order valence-electron chi connectivity index (χ0n) is 13.3. The minimum Gasteiger partial charge on any atom is -0.493 e. The van der Waals surface area contributed by atoms with E-state index >= 15 is 0 Å². The van der Waals surface area contributed by atoms with Crippen molar-refractivity contribution in [1.82, 2.24) is 0 Å². The summed E-state index contributed by atoms with van der Waals surface area (Å²) >= 11 is 3.14. The predicted octanol–water partition coefficient (Wildman–Crippen LogP) is 3.99. The van der Waals surface area contributed by atoms with Crippen LogP contribution in [0.15, 0.2) is 40.9 Å². The van der Waals surface area contributed by atoms with Crippen LogP contribution in [0.5, 0.6) is 23.0 Å². The SMILES string of the molecule is COc1cc(/C=C/C(=O)Oc2ccc(F)cc2Br)cc2c1OCCO2. The molecular weight excluding hydrogens is 395 g/mol. The molecule has 2 aromatic carbocycles. The fourth-order valence-electron chi connectivity index (χ4n) is 2.25. The lowest BCUT2D eigenvalue weighted by atomic mass is 10.1. The van der Waals surface area contributed by atoms with Crippen molar-refractivity contribution in [3.8, 4) is 23.0 Å². The summed E-state index contributed by atoms with van der Waals surface area (Å²) in [6, 6.07) is 7.28. The number of hydrogen-bond acceptors (Lipinski definition) is 5. The lowest BCUT2D eigenvalue weighted by Gasteiger charge is -2.20. The van der Waals surface area contributed by atoms with Crippen molar-refractivity contribution >= 4 is 28.0 Å². The maximum Gasteiger partial charge on any atom is 0.336 e. The molecule has 0 fully saturated rings. The van der Waals surface area contributed by atoms with Crippen LogP contribution in [0.1, 0.15) is 5.56 Å². The molecule has 0 saturated carbocycles. The van der Waals surface area contributed by atoms with E-state index in [1.54, 1.807) is 18.2 Å². The molecule has 0 aliphatic carbocycles. The molecule has 0 unspecified atom stereocenters. The molecule has 0 aromatic heterocycles. The highest BCUT2D eigenvalue weighted by molar-refractivity contribution is 9.10. The van der Waals surface area contributed by atoms with E-state index in [-0.39, 0.29) is 5.75 Å². The van der Waals surface area contributed by atoms with Gasteiger partial charge in [-0.2, -0.15) is 0 Å². The first kappa shape index (κ1) is 17.3. The van der Waals surface area contributed by atoms with Crippen LogP contribution in [0.25, 0.3) is 6.08 Å². The Kier molecular flexibility index (Phi) is 5.23. The average Bonchev–Trinajstić information content (AvgIpc) is 2.61.